The van der Waals surface area contributed by atoms with Crippen LogP contribution >= 0.6 is 11.3 Å². The van der Waals surface area contributed by atoms with Crippen LogP contribution in [0.1, 0.15) is 25.7 Å². The SMILES string of the molecule is Cc1cc(C(=O)O)c(NC(=O)c2cncn2C)s1. The van der Waals surface area contributed by atoms with Gasteiger partial charge in [-0.3, -0.25) is 4.79 Å². The highest BCUT2D eigenvalue weighted by Gasteiger charge is 2.17. The van der Waals surface area contributed by atoms with Crippen LogP contribution in [0, 0.1) is 6.92 Å². The summed E-state index contributed by atoms with van der Waals surface area (Å²) in [5, 5.41) is 11.9. The number of carbonyl (C=O) groups excluding carboxylic acids is 1. The van der Waals surface area contributed by atoms with Gasteiger partial charge in [-0.25, -0.2) is 9.78 Å². The zero-order valence-corrected chi connectivity index (χ0v) is 10.6. The first-order chi connectivity index (χ1) is 8.49. The van der Waals surface area contributed by atoms with Crippen molar-refractivity contribution >= 4 is 28.2 Å². The average Bonchev–Trinajstić information content (AvgIpc) is 2.84. The molecule has 0 unspecified atom stereocenters. The van der Waals surface area contributed by atoms with E-state index in [9.17, 15) is 9.59 Å². The summed E-state index contributed by atoms with van der Waals surface area (Å²) in [5.74, 6) is -1.43. The molecule has 0 spiro atoms. The van der Waals surface area contributed by atoms with Crippen LogP contribution in [0.2, 0.25) is 0 Å². The summed E-state index contributed by atoms with van der Waals surface area (Å²) in [7, 11) is 1.69. The number of thiophene rings is 1. The Morgan fingerprint density at radius 3 is 2.78 bits per heavy atom. The van der Waals surface area contributed by atoms with Crippen molar-refractivity contribution in [2.75, 3.05) is 5.32 Å². The third-order valence-electron chi connectivity index (χ3n) is 2.36. The van der Waals surface area contributed by atoms with E-state index in [-0.39, 0.29) is 11.5 Å². The van der Waals surface area contributed by atoms with E-state index in [1.165, 1.54) is 29.9 Å². The number of carbonyl (C=O) groups is 2. The van der Waals surface area contributed by atoms with Gasteiger partial charge in [0, 0.05) is 11.9 Å². The van der Waals surface area contributed by atoms with Crippen LogP contribution in [0.4, 0.5) is 5.00 Å². The first kappa shape index (κ1) is 12.3. The van der Waals surface area contributed by atoms with Gasteiger partial charge in [-0.05, 0) is 13.0 Å². The summed E-state index contributed by atoms with van der Waals surface area (Å²) in [6.45, 7) is 1.79. The number of anilines is 1. The second-order valence-corrected chi connectivity index (χ2v) is 5.01. The molecular formula is C11H11N3O3S. The molecule has 0 atom stereocenters. The van der Waals surface area contributed by atoms with Crippen molar-refractivity contribution < 1.29 is 14.7 Å². The Labute approximate surface area is 107 Å². The minimum atomic E-state index is -1.06. The van der Waals surface area contributed by atoms with E-state index >= 15 is 0 Å². The van der Waals surface area contributed by atoms with E-state index in [0.717, 1.165) is 4.88 Å². The molecule has 1 amide bonds. The highest BCUT2D eigenvalue weighted by atomic mass is 32.1. The largest absolute Gasteiger partial charge is 0.478 e. The average molecular weight is 265 g/mol. The Kier molecular flexibility index (Phi) is 3.15. The molecule has 0 aromatic carbocycles. The number of hydrogen-bond donors (Lipinski definition) is 2. The van der Waals surface area contributed by atoms with Crippen molar-refractivity contribution in [2.45, 2.75) is 6.92 Å². The predicted molar refractivity (Wildman–Crippen MR) is 67.2 cm³/mol. The number of carboxylic acids is 1. The van der Waals surface area contributed by atoms with E-state index in [2.05, 4.69) is 10.3 Å². The smallest absolute Gasteiger partial charge is 0.338 e. The number of nitrogens with zero attached hydrogens (tertiary/aromatic N) is 2. The Hall–Kier alpha value is -2.15. The number of amides is 1. The van der Waals surface area contributed by atoms with Crippen LogP contribution in [-0.4, -0.2) is 26.5 Å². The van der Waals surface area contributed by atoms with Gasteiger partial charge in [0.05, 0.1) is 18.1 Å². The van der Waals surface area contributed by atoms with E-state index in [4.69, 9.17) is 5.11 Å². The maximum absolute atomic E-state index is 11.9. The van der Waals surface area contributed by atoms with Crippen LogP contribution < -0.4 is 5.32 Å². The van der Waals surface area contributed by atoms with Gasteiger partial charge in [0.25, 0.3) is 5.91 Å². The van der Waals surface area contributed by atoms with Gasteiger partial charge in [0.1, 0.15) is 10.7 Å². The van der Waals surface area contributed by atoms with E-state index in [1.807, 2.05) is 0 Å². The van der Waals surface area contributed by atoms with Crippen molar-refractivity contribution in [2.24, 2.45) is 7.05 Å². The molecule has 2 heterocycles. The number of carboxylic acid groups (broad SMARTS) is 1. The Morgan fingerprint density at radius 2 is 2.22 bits per heavy atom. The molecule has 0 saturated heterocycles. The normalized spacial score (nSPS) is 10.3. The van der Waals surface area contributed by atoms with Crippen molar-refractivity contribution in [1.82, 2.24) is 9.55 Å². The molecule has 2 rings (SSSR count). The lowest BCUT2D eigenvalue weighted by Crippen LogP contribution is -2.16. The van der Waals surface area contributed by atoms with Gasteiger partial charge in [0.2, 0.25) is 0 Å². The second-order valence-electron chi connectivity index (χ2n) is 3.75. The standard InChI is InChI=1S/C11H11N3O3S/c1-6-3-7(11(16)17)10(18-6)13-9(15)8-4-12-5-14(8)2/h3-5H,1-2H3,(H,13,15)(H,16,17). The topological polar surface area (TPSA) is 84.2 Å². The third kappa shape index (κ3) is 2.25. The molecule has 0 aliphatic heterocycles. The van der Waals surface area contributed by atoms with Gasteiger partial charge < -0.3 is 15.0 Å². The number of rotatable bonds is 3. The molecule has 18 heavy (non-hydrogen) atoms. The van der Waals surface area contributed by atoms with Gasteiger partial charge in [-0.15, -0.1) is 11.3 Å². The number of hydrogen-bond acceptors (Lipinski definition) is 4. The summed E-state index contributed by atoms with van der Waals surface area (Å²) in [6.07, 6.45) is 2.93. The molecule has 0 aliphatic carbocycles. The van der Waals surface area contributed by atoms with Crippen LogP contribution in [0.25, 0.3) is 0 Å². The molecule has 2 N–H and O–H groups in total. The molecule has 0 aliphatic rings. The minimum absolute atomic E-state index is 0.105. The molecule has 0 radical (unpaired) electrons. The maximum Gasteiger partial charge on any atom is 0.338 e. The van der Waals surface area contributed by atoms with Crippen molar-refractivity contribution in [3.63, 3.8) is 0 Å². The van der Waals surface area contributed by atoms with E-state index < -0.39 is 5.97 Å². The van der Waals surface area contributed by atoms with Crippen molar-refractivity contribution in [3.05, 3.63) is 34.7 Å². The van der Waals surface area contributed by atoms with Crippen LogP contribution in [0.3, 0.4) is 0 Å². The van der Waals surface area contributed by atoms with Gasteiger partial charge in [0.15, 0.2) is 0 Å². The lowest BCUT2D eigenvalue weighted by Gasteiger charge is -2.04. The molecule has 0 fully saturated rings. The molecular weight excluding hydrogens is 254 g/mol. The highest BCUT2D eigenvalue weighted by Crippen LogP contribution is 2.27. The van der Waals surface area contributed by atoms with Gasteiger partial charge in [-0.2, -0.15) is 0 Å². The fraction of sp³-hybridized carbons (Fsp3) is 0.182. The lowest BCUT2D eigenvalue weighted by molar-refractivity contribution is 0.0698. The molecule has 0 saturated carbocycles. The number of aryl methyl sites for hydroxylation is 2. The van der Waals surface area contributed by atoms with Gasteiger partial charge >= 0.3 is 5.97 Å². The second kappa shape index (κ2) is 4.61. The summed E-state index contributed by atoms with van der Waals surface area (Å²) >= 11 is 1.23. The minimum Gasteiger partial charge on any atom is -0.478 e. The number of imidazole rings is 1. The first-order valence-corrected chi connectivity index (χ1v) is 5.92. The molecule has 2 aromatic heterocycles. The monoisotopic (exact) mass is 265 g/mol. The fourth-order valence-corrected chi connectivity index (χ4v) is 2.41. The van der Waals surface area contributed by atoms with Crippen LogP contribution in [-0.2, 0) is 7.05 Å². The third-order valence-corrected chi connectivity index (χ3v) is 3.33. The van der Waals surface area contributed by atoms with Crippen molar-refractivity contribution in [1.29, 1.82) is 0 Å². The number of nitrogens with one attached hydrogen (secondary N) is 1. The summed E-state index contributed by atoms with van der Waals surface area (Å²) < 4.78 is 1.57. The molecule has 7 heteroatoms. The van der Waals surface area contributed by atoms with Crippen LogP contribution in [0.15, 0.2) is 18.6 Å². The summed E-state index contributed by atoms with van der Waals surface area (Å²) in [6, 6.07) is 1.53. The molecule has 6 nitrogen and oxygen atoms in total. The zero-order chi connectivity index (χ0) is 13.3. The Morgan fingerprint density at radius 1 is 1.50 bits per heavy atom. The van der Waals surface area contributed by atoms with E-state index in [0.29, 0.717) is 10.7 Å². The van der Waals surface area contributed by atoms with Crippen LogP contribution in [0.5, 0.6) is 0 Å². The van der Waals surface area contributed by atoms with Gasteiger partial charge in [-0.1, -0.05) is 0 Å². The summed E-state index contributed by atoms with van der Waals surface area (Å²) in [5.41, 5.74) is 0.477. The number of aromatic carboxylic acids is 1. The molecule has 0 bridgehead atoms. The Balaban J connectivity index is 2.27. The predicted octanol–water partition coefficient (Wildman–Crippen LogP) is 1.74. The molecule has 94 valence electrons. The maximum atomic E-state index is 11.9. The fourth-order valence-electron chi connectivity index (χ4n) is 1.51. The highest BCUT2D eigenvalue weighted by molar-refractivity contribution is 7.16. The van der Waals surface area contributed by atoms with E-state index in [1.54, 1.807) is 18.5 Å². The zero-order valence-electron chi connectivity index (χ0n) is 9.80. The molecule has 2 aromatic rings. The summed E-state index contributed by atoms with van der Waals surface area (Å²) in [4.78, 5) is 27.6. The number of aromatic nitrogens is 2. The first-order valence-electron chi connectivity index (χ1n) is 5.10. The lowest BCUT2D eigenvalue weighted by atomic mass is 10.3. The quantitative estimate of drug-likeness (QED) is 0.885. The Bertz CT molecular complexity index is 615. The van der Waals surface area contributed by atoms with Crippen molar-refractivity contribution in [3.8, 4) is 0 Å².